The van der Waals surface area contributed by atoms with Gasteiger partial charge in [-0.05, 0) is 18.9 Å². The minimum atomic E-state index is -0.259. The second kappa shape index (κ2) is 6.79. The second-order valence-electron chi connectivity index (χ2n) is 5.56. The third-order valence-corrected chi connectivity index (χ3v) is 3.41. The topological polar surface area (TPSA) is 64.7 Å². The van der Waals surface area contributed by atoms with Crippen molar-refractivity contribution in [2.45, 2.75) is 27.3 Å². The van der Waals surface area contributed by atoms with Crippen molar-refractivity contribution in [2.24, 2.45) is 13.0 Å². The van der Waals surface area contributed by atoms with Crippen LogP contribution in [0.4, 0.5) is 5.82 Å². The molecule has 0 aromatic carbocycles. The Morgan fingerprint density at radius 1 is 1.45 bits per heavy atom. The lowest BCUT2D eigenvalue weighted by molar-refractivity contribution is -0.111. The molecule has 1 amide bonds. The number of halogens is 1. The van der Waals surface area contributed by atoms with E-state index < -0.39 is 0 Å². The van der Waals surface area contributed by atoms with Crippen molar-refractivity contribution in [3.63, 3.8) is 0 Å². The fourth-order valence-electron chi connectivity index (χ4n) is 2.03. The van der Waals surface area contributed by atoms with Gasteiger partial charge in [0.15, 0.2) is 5.82 Å². The predicted molar refractivity (Wildman–Crippen MR) is 87.7 cm³/mol. The molecular weight excluding hydrogens is 302 g/mol. The number of carbonyl (C=O) groups excluding carboxylic acids is 1. The zero-order valence-corrected chi connectivity index (χ0v) is 13.9. The summed E-state index contributed by atoms with van der Waals surface area (Å²) in [7, 11) is 1.79. The Labute approximate surface area is 134 Å². The van der Waals surface area contributed by atoms with E-state index in [1.54, 1.807) is 34.8 Å². The van der Waals surface area contributed by atoms with E-state index >= 15 is 0 Å². The Balaban J connectivity index is 2.09. The molecule has 0 aliphatic carbocycles. The van der Waals surface area contributed by atoms with Gasteiger partial charge in [0.25, 0.3) is 0 Å². The van der Waals surface area contributed by atoms with Gasteiger partial charge in [-0.3, -0.25) is 14.2 Å². The van der Waals surface area contributed by atoms with Gasteiger partial charge in [0.05, 0.1) is 5.69 Å². The SMILES string of the molecule is Cc1nn(CC(C)C)c(Cl)c1/C=C/C(=O)Nc1ccn(C)n1. The highest BCUT2D eigenvalue weighted by molar-refractivity contribution is 6.31. The van der Waals surface area contributed by atoms with E-state index in [0.717, 1.165) is 17.8 Å². The summed E-state index contributed by atoms with van der Waals surface area (Å²) in [6.07, 6.45) is 4.88. The molecule has 0 atom stereocenters. The minimum Gasteiger partial charge on any atom is -0.306 e. The van der Waals surface area contributed by atoms with Gasteiger partial charge in [0, 0.05) is 37.5 Å². The lowest BCUT2D eigenvalue weighted by Gasteiger charge is -2.05. The molecule has 0 bridgehead atoms. The molecule has 6 nitrogen and oxygen atoms in total. The minimum absolute atomic E-state index is 0.259. The molecule has 0 saturated heterocycles. The summed E-state index contributed by atoms with van der Waals surface area (Å²) in [5.41, 5.74) is 1.56. The van der Waals surface area contributed by atoms with Crippen molar-refractivity contribution in [1.29, 1.82) is 0 Å². The first kappa shape index (κ1) is 16.3. The van der Waals surface area contributed by atoms with E-state index in [4.69, 9.17) is 11.6 Å². The number of aryl methyl sites for hydroxylation is 2. The summed E-state index contributed by atoms with van der Waals surface area (Å²) in [6.45, 7) is 6.82. The fraction of sp³-hybridized carbons (Fsp3) is 0.400. The van der Waals surface area contributed by atoms with E-state index in [2.05, 4.69) is 29.4 Å². The smallest absolute Gasteiger partial charge is 0.249 e. The van der Waals surface area contributed by atoms with E-state index in [0.29, 0.717) is 16.9 Å². The van der Waals surface area contributed by atoms with Gasteiger partial charge in [0.2, 0.25) is 5.91 Å². The second-order valence-corrected chi connectivity index (χ2v) is 5.92. The molecule has 0 aliphatic rings. The summed E-state index contributed by atoms with van der Waals surface area (Å²) in [4.78, 5) is 11.9. The molecule has 118 valence electrons. The number of hydrogen-bond donors (Lipinski definition) is 1. The van der Waals surface area contributed by atoms with Gasteiger partial charge in [-0.25, -0.2) is 0 Å². The third-order valence-electron chi connectivity index (χ3n) is 3.01. The summed E-state index contributed by atoms with van der Waals surface area (Å²) in [6, 6.07) is 1.73. The number of amides is 1. The van der Waals surface area contributed by atoms with Crippen molar-refractivity contribution in [1.82, 2.24) is 19.6 Å². The summed E-state index contributed by atoms with van der Waals surface area (Å²) in [5.74, 6) is 0.697. The first-order valence-electron chi connectivity index (χ1n) is 7.08. The van der Waals surface area contributed by atoms with Crippen LogP contribution in [0.2, 0.25) is 5.15 Å². The Bertz CT molecular complexity index is 699. The Kier molecular flexibility index (Phi) is 5.03. The molecule has 0 spiro atoms. The van der Waals surface area contributed by atoms with Gasteiger partial charge >= 0.3 is 0 Å². The van der Waals surface area contributed by atoms with Crippen molar-refractivity contribution in [2.75, 3.05) is 5.32 Å². The molecule has 22 heavy (non-hydrogen) atoms. The first-order valence-corrected chi connectivity index (χ1v) is 7.46. The van der Waals surface area contributed by atoms with Crippen molar-refractivity contribution < 1.29 is 4.79 Å². The highest BCUT2D eigenvalue weighted by atomic mass is 35.5. The van der Waals surface area contributed by atoms with Gasteiger partial charge < -0.3 is 5.32 Å². The highest BCUT2D eigenvalue weighted by Crippen LogP contribution is 2.22. The number of carbonyl (C=O) groups is 1. The zero-order chi connectivity index (χ0) is 16.3. The van der Waals surface area contributed by atoms with Crippen LogP contribution in [0.1, 0.15) is 25.1 Å². The van der Waals surface area contributed by atoms with E-state index in [9.17, 15) is 4.79 Å². The standard InChI is InChI=1S/C15H20ClN5O/c1-10(2)9-21-15(16)12(11(3)18-21)5-6-14(22)17-13-7-8-20(4)19-13/h5-8,10H,9H2,1-4H3,(H,17,19,22)/b6-5+. The van der Waals surface area contributed by atoms with Crippen LogP contribution in [0.5, 0.6) is 0 Å². The Morgan fingerprint density at radius 2 is 2.18 bits per heavy atom. The monoisotopic (exact) mass is 321 g/mol. The highest BCUT2D eigenvalue weighted by Gasteiger charge is 2.12. The molecule has 2 aromatic rings. The number of nitrogens with one attached hydrogen (secondary N) is 1. The largest absolute Gasteiger partial charge is 0.306 e. The van der Waals surface area contributed by atoms with Crippen LogP contribution in [0.3, 0.4) is 0 Å². The average molecular weight is 322 g/mol. The number of rotatable bonds is 5. The number of aromatic nitrogens is 4. The van der Waals surface area contributed by atoms with Crippen molar-refractivity contribution in [3.05, 3.63) is 34.7 Å². The summed E-state index contributed by atoms with van der Waals surface area (Å²) < 4.78 is 3.38. The van der Waals surface area contributed by atoms with Crippen LogP contribution in [0, 0.1) is 12.8 Å². The normalized spacial score (nSPS) is 11.5. The van der Waals surface area contributed by atoms with E-state index in [1.807, 2.05) is 6.92 Å². The number of nitrogens with zero attached hydrogens (tertiary/aromatic N) is 4. The van der Waals surface area contributed by atoms with Crippen LogP contribution >= 0.6 is 11.6 Å². The van der Waals surface area contributed by atoms with Gasteiger partial charge in [0.1, 0.15) is 5.15 Å². The maximum atomic E-state index is 11.9. The number of anilines is 1. The van der Waals surface area contributed by atoms with Crippen LogP contribution in [0.25, 0.3) is 6.08 Å². The first-order chi connectivity index (χ1) is 10.4. The maximum absolute atomic E-state index is 11.9. The molecule has 0 fully saturated rings. The summed E-state index contributed by atoms with van der Waals surface area (Å²) in [5, 5.41) is 11.7. The van der Waals surface area contributed by atoms with Crippen LogP contribution in [-0.2, 0) is 18.4 Å². The molecule has 2 aromatic heterocycles. The third kappa shape index (κ3) is 3.98. The number of hydrogen-bond acceptors (Lipinski definition) is 3. The lowest BCUT2D eigenvalue weighted by Crippen LogP contribution is -2.08. The Morgan fingerprint density at radius 3 is 2.77 bits per heavy atom. The molecule has 1 N–H and O–H groups in total. The zero-order valence-electron chi connectivity index (χ0n) is 13.2. The van der Waals surface area contributed by atoms with Gasteiger partial charge in [-0.15, -0.1) is 0 Å². The molecule has 0 aliphatic heterocycles. The van der Waals surface area contributed by atoms with Crippen molar-refractivity contribution >= 4 is 29.4 Å². The Hall–Kier alpha value is -2.08. The quantitative estimate of drug-likeness (QED) is 0.861. The fourth-order valence-corrected chi connectivity index (χ4v) is 2.34. The molecule has 0 saturated carbocycles. The van der Waals surface area contributed by atoms with Gasteiger partial charge in [-0.2, -0.15) is 10.2 Å². The molecular formula is C15H20ClN5O. The molecule has 7 heteroatoms. The lowest BCUT2D eigenvalue weighted by atomic mass is 10.2. The van der Waals surface area contributed by atoms with Crippen LogP contribution < -0.4 is 5.32 Å². The molecule has 2 rings (SSSR count). The predicted octanol–water partition coefficient (Wildman–Crippen LogP) is 2.89. The maximum Gasteiger partial charge on any atom is 0.249 e. The summed E-state index contributed by atoms with van der Waals surface area (Å²) >= 11 is 6.32. The van der Waals surface area contributed by atoms with Crippen molar-refractivity contribution in [3.8, 4) is 0 Å². The molecule has 0 radical (unpaired) electrons. The van der Waals surface area contributed by atoms with Gasteiger partial charge in [-0.1, -0.05) is 25.4 Å². The van der Waals surface area contributed by atoms with Crippen LogP contribution in [-0.4, -0.2) is 25.5 Å². The van der Waals surface area contributed by atoms with E-state index in [1.165, 1.54) is 6.08 Å². The molecule has 0 unspecified atom stereocenters. The van der Waals surface area contributed by atoms with E-state index in [-0.39, 0.29) is 5.91 Å². The average Bonchev–Trinajstić information content (AvgIpc) is 2.92. The molecule has 2 heterocycles. The van der Waals surface area contributed by atoms with Crippen LogP contribution in [0.15, 0.2) is 18.3 Å².